The summed E-state index contributed by atoms with van der Waals surface area (Å²) in [5.41, 5.74) is 7.30. The first-order valence-electron chi connectivity index (χ1n) is 5.24. The summed E-state index contributed by atoms with van der Waals surface area (Å²) < 4.78 is 0. The molecule has 0 unspecified atom stereocenters. The van der Waals surface area contributed by atoms with Crippen LogP contribution in [0.1, 0.15) is 5.56 Å². The van der Waals surface area contributed by atoms with Gasteiger partial charge in [0, 0.05) is 18.0 Å². The fourth-order valence-electron chi connectivity index (χ4n) is 1.61. The van der Waals surface area contributed by atoms with Crippen molar-refractivity contribution in [3.63, 3.8) is 0 Å². The molecule has 1 heterocycles. The van der Waals surface area contributed by atoms with E-state index >= 15 is 0 Å². The van der Waals surface area contributed by atoms with Gasteiger partial charge in [0.25, 0.3) is 0 Å². The van der Waals surface area contributed by atoms with Crippen LogP contribution in [-0.4, -0.2) is 27.1 Å². The second kappa shape index (κ2) is 4.80. The van der Waals surface area contributed by atoms with Crippen LogP contribution in [0.5, 0.6) is 0 Å². The molecule has 5 nitrogen and oxygen atoms in total. The molecule has 0 fully saturated rings. The first-order chi connectivity index (χ1) is 8.16. The van der Waals surface area contributed by atoms with Crippen molar-refractivity contribution in [2.75, 3.05) is 0 Å². The Morgan fingerprint density at radius 2 is 2.35 bits per heavy atom. The van der Waals surface area contributed by atoms with E-state index in [0.717, 1.165) is 17.0 Å². The number of aromatic nitrogens is 2. The van der Waals surface area contributed by atoms with Crippen LogP contribution in [0.3, 0.4) is 0 Å². The maximum Gasteiger partial charge on any atom is 0.320 e. The van der Waals surface area contributed by atoms with Gasteiger partial charge in [-0.1, -0.05) is 18.2 Å². The summed E-state index contributed by atoms with van der Waals surface area (Å²) in [7, 11) is 0. The van der Waals surface area contributed by atoms with Crippen LogP contribution in [-0.2, 0) is 11.2 Å². The zero-order valence-corrected chi connectivity index (χ0v) is 9.13. The molecule has 4 N–H and O–H groups in total. The summed E-state index contributed by atoms with van der Waals surface area (Å²) in [6.45, 7) is 0. The van der Waals surface area contributed by atoms with Crippen molar-refractivity contribution in [1.29, 1.82) is 0 Å². The van der Waals surface area contributed by atoms with Crippen LogP contribution in [0.15, 0.2) is 36.7 Å². The van der Waals surface area contributed by atoms with Crippen molar-refractivity contribution in [1.82, 2.24) is 9.97 Å². The lowest BCUT2D eigenvalue weighted by atomic mass is 10.0. The van der Waals surface area contributed by atoms with Crippen molar-refractivity contribution in [3.05, 3.63) is 42.2 Å². The zero-order valence-electron chi connectivity index (χ0n) is 9.13. The average Bonchev–Trinajstić information content (AvgIpc) is 2.82. The van der Waals surface area contributed by atoms with Gasteiger partial charge in [0.2, 0.25) is 0 Å². The molecule has 0 spiro atoms. The van der Waals surface area contributed by atoms with Gasteiger partial charge in [0.1, 0.15) is 11.9 Å². The number of rotatable bonds is 4. The number of carbonyl (C=O) groups is 1. The molecule has 0 aliphatic heterocycles. The SMILES string of the molecule is N[C@@H](Cc1cccc(-c2ncc[nH]2)c1)C(=O)O. The van der Waals surface area contributed by atoms with E-state index in [0.29, 0.717) is 6.42 Å². The monoisotopic (exact) mass is 231 g/mol. The van der Waals surface area contributed by atoms with Gasteiger partial charge < -0.3 is 15.8 Å². The Morgan fingerprint density at radius 3 is 3.00 bits per heavy atom. The second-order valence-corrected chi connectivity index (χ2v) is 3.79. The topological polar surface area (TPSA) is 92.0 Å². The largest absolute Gasteiger partial charge is 0.480 e. The van der Waals surface area contributed by atoms with E-state index < -0.39 is 12.0 Å². The molecule has 0 aliphatic carbocycles. The molecular formula is C12H13N3O2. The Balaban J connectivity index is 2.20. The fraction of sp³-hybridized carbons (Fsp3) is 0.167. The Kier molecular flexibility index (Phi) is 3.20. The molecule has 1 atom stereocenters. The molecule has 5 heteroatoms. The van der Waals surface area contributed by atoms with Crippen LogP contribution in [0.2, 0.25) is 0 Å². The van der Waals surface area contributed by atoms with Crippen molar-refractivity contribution in [3.8, 4) is 11.4 Å². The highest BCUT2D eigenvalue weighted by Gasteiger charge is 2.12. The molecule has 1 aromatic heterocycles. The van der Waals surface area contributed by atoms with E-state index in [1.165, 1.54) is 0 Å². The summed E-state index contributed by atoms with van der Waals surface area (Å²) >= 11 is 0. The number of H-pyrrole nitrogens is 1. The molecule has 1 aromatic carbocycles. The van der Waals surface area contributed by atoms with Crippen molar-refractivity contribution < 1.29 is 9.90 Å². The summed E-state index contributed by atoms with van der Waals surface area (Å²) in [5, 5.41) is 8.75. The van der Waals surface area contributed by atoms with E-state index in [1.54, 1.807) is 12.4 Å². The van der Waals surface area contributed by atoms with Crippen molar-refractivity contribution >= 4 is 5.97 Å². The summed E-state index contributed by atoms with van der Waals surface area (Å²) in [5.74, 6) is -0.232. The van der Waals surface area contributed by atoms with E-state index in [9.17, 15) is 4.79 Å². The molecular weight excluding hydrogens is 218 g/mol. The van der Waals surface area contributed by atoms with Gasteiger partial charge in [0.15, 0.2) is 0 Å². The first-order valence-corrected chi connectivity index (χ1v) is 5.24. The van der Waals surface area contributed by atoms with E-state index in [1.807, 2.05) is 24.3 Å². The van der Waals surface area contributed by atoms with Gasteiger partial charge >= 0.3 is 5.97 Å². The summed E-state index contributed by atoms with van der Waals surface area (Å²) in [6.07, 6.45) is 3.72. The van der Waals surface area contributed by atoms with Gasteiger partial charge in [0.05, 0.1) is 0 Å². The van der Waals surface area contributed by atoms with Crippen LogP contribution in [0.25, 0.3) is 11.4 Å². The highest BCUT2D eigenvalue weighted by Crippen LogP contribution is 2.16. The molecule has 0 amide bonds. The van der Waals surface area contributed by atoms with Gasteiger partial charge in [-0.15, -0.1) is 0 Å². The van der Waals surface area contributed by atoms with Crippen LogP contribution >= 0.6 is 0 Å². The van der Waals surface area contributed by atoms with Gasteiger partial charge in [-0.05, 0) is 18.1 Å². The third-order valence-electron chi connectivity index (χ3n) is 2.47. The van der Waals surface area contributed by atoms with Crippen LogP contribution < -0.4 is 5.73 Å². The van der Waals surface area contributed by atoms with E-state index in [2.05, 4.69) is 9.97 Å². The number of aliphatic carboxylic acids is 1. The number of nitrogens with zero attached hydrogens (tertiary/aromatic N) is 1. The van der Waals surface area contributed by atoms with Crippen molar-refractivity contribution in [2.24, 2.45) is 5.73 Å². The maximum atomic E-state index is 10.7. The number of carboxylic acids is 1. The number of imidazole rings is 1. The Labute approximate surface area is 98.3 Å². The lowest BCUT2D eigenvalue weighted by Crippen LogP contribution is -2.32. The molecule has 0 saturated carbocycles. The molecule has 88 valence electrons. The zero-order chi connectivity index (χ0) is 12.3. The molecule has 0 aliphatic rings. The van der Waals surface area contributed by atoms with Crippen LogP contribution in [0, 0.1) is 0 Å². The minimum atomic E-state index is -0.992. The maximum absolute atomic E-state index is 10.7. The first kappa shape index (κ1) is 11.3. The molecule has 17 heavy (non-hydrogen) atoms. The Hall–Kier alpha value is -2.14. The van der Waals surface area contributed by atoms with Crippen molar-refractivity contribution in [2.45, 2.75) is 12.5 Å². The minimum absolute atomic E-state index is 0.309. The average molecular weight is 231 g/mol. The fourth-order valence-corrected chi connectivity index (χ4v) is 1.61. The molecule has 2 aromatic rings. The molecule has 0 radical (unpaired) electrons. The number of hydrogen-bond acceptors (Lipinski definition) is 3. The number of hydrogen-bond donors (Lipinski definition) is 3. The normalized spacial score (nSPS) is 12.3. The Morgan fingerprint density at radius 1 is 1.53 bits per heavy atom. The smallest absolute Gasteiger partial charge is 0.320 e. The lowest BCUT2D eigenvalue weighted by Gasteiger charge is -2.07. The lowest BCUT2D eigenvalue weighted by molar-refractivity contribution is -0.138. The van der Waals surface area contributed by atoms with Gasteiger partial charge in [-0.3, -0.25) is 4.79 Å². The predicted octanol–water partition coefficient (Wildman–Crippen LogP) is 1.03. The number of nitrogens with two attached hydrogens (primary N) is 1. The third-order valence-corrected chi connectivity index (χ3v) is 2.47. The highest BCUT2D eigenvalue weighted by molar-refractivity contribution is 5.73. The highest BCUT2D eigenvalue weighted by atomic mass is 16.4. The molecule has 0 saturated heterocycles. The standard InChI is InChI=1S/C12H13N3O2/c13-10(12(16)17)7-8-2-1-3-9(6-8)11-14-4-5-15-11/h1-6,10H,7,13H2,(H,14,15)(H,16,17)/t10-/m0/s1. The predicted molar refractivity (Wildman–Crippen MR) is 63.3 cm³/mol. The van der Waals surface area contributed by atoms with E-state index in [-0.39, 0.29) is 0 Å². The number of aromatic amines is 1. The molecule has 2 rings (SSSR count). The van der Waals surface area contributed by atoms with E-state index in [4.69, 9.17) is 10.8 Å². The minimum Gasteiger partial charge on any atom is -0.480 e. The third kappa shape index (κ3) is 2.70. The summed E-state index contributed by atoms with van der Waals surface area (Å²) in [4.78, 5) is 17.8. The van der Waals surface area contributed by atoms with Gasteiger partial charge in [-0.2, -0.15) is 0 Å². The van der Waals surface area contributed by atoms with Gasteiger partial charge in [-0.25, -0.2) is 4.98 Å². The number of benzene rings is 1. The number of carboxylic acid groups (broad SMARTS) is 1. The quantitative estimate of drug-likeness (QED) is 0.732. The van der Waals surface area contributed by atoms with Crippen LogP contribution in [0.4, 0.5) is 0 Å². The second-order valence-electron chi connectivity index (χ2n) is 3.79. The number of nitrogens with one attached hydrogen (secondary N) is 1. The summed E-state index contributed by atoms with van der Waals surface area (Å²) in [6, 6.07) is 6.65. The molecule has 0 bridgehead atoms. The Bertz CT molecular complexity index is 508.